The van der Waals surface area contributed by atoms with Crippen molar-refractivity contribution in [3.8, 4) is 5.75 Å². The molecule has 0 fully saturated rings. The summed E-state index contributed by atoms with van der Waals surface area (Å²) in [6.07, 6.45) is -0.0988. The Hall–Kier alpha value is -2.05. The number of methoxy groups -OCH3 is 1. The first-order valence-electron chi connectivity index (χ1n) is 7.65. The van der Waals surface area contributed by atoms with Crippen LogP contribution >= 0.6 is 15.9 Å². The first-order valence-corrected chi connectivity index (χ1v) is 8.44. The van der Waals surface area contributed by atoms with E-state index < -0.39 is 0 Å². The molecule has 2 aromatic rings. The van der Waals surface area contributed by atoms with Gasteiger partial charge in [-0.05, 0) is 41.1 Å². The molecule has 128 valence electrons. The Balaban J connectivity index is 1.93. The van der Waals surface area contributed by atoms with Gasteiger partial charge >= 0.3 is 0 Å². The standard InChI is InChI=1S/C18H22BrN3O2/c1-13(24-17-10-6-4-8-15(17)19)11-21-18(20)22-16-9-5-3-7-14(16)12-23-2/h3-10,13H,11-12H2,1-2H3,(H3,20,21,22). The van der Waals surface area contributed by atoms with E-state index in [2.05, 4.69) is 26.2 Å². The smallest absolute Gasteiger partial charge is 0.193 e. The molecule has 0 aliphatic rings. The van der Waals surface area contributed by atoms with Crippen LogP contribution in [0.15, 0.2) is 58.0 Å². The molecule has 0 aliphatic heterocycles. The molecule has 1 unspecified atom stereocenters. The van der Waals surface area contributed by atoms with Crippen LogP contribution in [0.25, 0.3) is 0 Å². The van der Waals surface area contributed by atoms with E-state index in [0.29, 0.717) is 19.1 Å². The fraction of sp³-hybridized carbons (Fsp3) is 0.278. The predicted molar refractivity (Wildman–Crippen MR) is 101 cm³/mol. The van der Waals surface area contributed by atoms with E-state index in [1.807, 2.05) is 55.5 Å². The van der Waals surface area contributed by atoms with Gasteiger partial charge in [0.05, 0.1) is 17.6 Å². The molecular weight excluding hydrogens is 370 g/mol. The molecule has 1 atom stereocenters. The van der Waals surface area contributed by atoms with Gasteiger partial charge in [0, 0.05) is 18.4 Å². The highest BCUT2D eigenvalue weighted by atomic mass is 79.9. The van der Waals surface area contributed by atoms with Crippen molar-refractivity contribution >= 4 is 27.6 Å². The number of nitrogens with two attached hydrogens (primary N) is 1. The number of para-hydroxylation sites is 2. The number of hydrogen-bond acceptors (Lipinski definition) is 3. The van der Waals surface area contributed by atoms with Crippen LogP contribution in [0.4, 0.5) is 5.69 Å². The molecule has 6 heteroatoms. The fourth-order valence-corrected chi connectivity index (χ4v) is 2.50. The minimum atomic E-state index is -0.0988. The zero-order valence-electron chi connectivity index (χ0n) is 13.8. The molecule has 0 aromatic heterocycles. The lowest BCUT2D eigenvalue weighted by molar-refractivity contribution is 0.185. The lowest BCUT2D eigenvalue weighted by Gasteiger charge is -2.15. The molecule has 0 amide bonds. The van der Waals surface area contributed by atoms with Gasteiger partial charge in [0.25, 0.3) is 0 Å². The van der Waals surface area contributed by atoms with Gasteiger partial charge in [0.2, 0.25) is 0 Å². The molecule has 0 radical (unpaired) electrons. The van der Waals surface area contributed by atoms with Crippen molar-refractivity contribution < 1.29 is 9.47 Å². The number of aliphatic imine (C=N–C) groups is 1. The Labute approximate surface area is 151 Å². The van der Waals surface area contributed by atoms with Gasteiger partial charge < -0.3 is 20.5 Å². The largest absolute Gasteiger partial charge is 0.488 e. The van der Waals surface area contributed by atoms with E-state index in [0.717, 1.165) is 21.5 Å². The van der Waals surface area contributed by atoms with Crippen LogP contribution in [0.5, 0.6) is 5.75 Å². The molecule has 0 saturated carbocycles. The Morgan fingerprint density at radius 2 is 1.92 bits per heavy atom. The van der Waals surface area contributed by atoms with Gasteiger partial charge in [-0.3, -0.25) is 0 Å². The third-order valence-corrected chi connectivity index (χ3v) is 3.92. The van der Waals surface area contributed by atoms with E-state index in [4.69, 9.17) is 15.2 Å². The van der Waals surface area contributed by atoms with Crippen LogP contribution < -0.4 is 15.8 Å². The van der Waals surface area contributed by atoms with Gasteiger partial charge in [-0.25, -0.2) is 4.99 Å². The topological polar surface area (TPSA) is 68.9 Å². The molecule has 2 aromatic carbocycles. The lowest BCUT2D eigenvalue weighted by atomic mass is 10.2. The molecule has 5 nitrogen and oxygen atoms in total. The summed E-state index contributed by atoms with van der Waals surface area (Å²) in [5.74, 6) is 1.14. The Morgan fingerprint density at radius 1 is 1.21 bits per heavy atom. The molecular formula is C18H22BrN3O2. The second-order valence-electron chi connectivity index (χ2n) is 5.30. The number of nitrogens with zero attached hydrogens (tertiary/aromatic N) is 1. The molecule has 2 rings (SSSR count). The fourth-order valence-electron chi connectivity index (χ4n) is 2.12. The van der Waals surface area contributed by atoms with Crippen molar-refractivity contribution in [2.75, 3.05) is 19.0 Å². The van der Waals surface area contributed by atoms with Crippen molar-refractivity contribution in [3.05, 3.63) is 58.6 Å². The minimum Gasteiger partial charge on any atom is -0.488 e. The minimum absolute atomic E-state index is 0.0988. The highest BCUT2D eigenvalue weighted by Gasteiger charge is 2.07. The van der Waals surface area contributed by atoms with Crippen LogP contribution in [0.2, 0.25) is 0 Å². The van der Waals surface area contributed by atoms with E-state index in [9.17, 15) is 0 Å². The molecule has 0 spiro atoms. The molecule has 0 bridgehead atoms. The summed E-state index contributed by atoms with van der Waals surface area (Å²) >= 11 is 3.46. The van der Waals surface area contributed by atoms with Gasteiger partial charge in [-0.15, -0.1) is 0 Å². The number of ether oxygens (including phenoxy) is 2. The predicted octanol–water partition coefficient (Wildman–Crippen LogP) is 3.79. The molecule has 3 N–H and O–H groups in total. The summed E-state index contributed by atoms with van der Waals surface area (Å²) < 4.78 is 11.9. The monoisotopic (exact) mass is 391 g/mol. The van der Waals surface area contributed by atoms with Crippen LogP contribution in [0.1, 0.15) is 12.5 Å². The lowest BCUT2D eigenvalue weighted by Crippen LogP contribution is -2.26. The second-order valence-corrected chi connectivity index (χ2v) is 6.15. The third-order valence-electron chi connectivity index (χ3n) is 3.26. The Morgan fingerprint density at radius 3 is 2.67 bits per heavy atom. The number of anilines is 1. The summed E-state index contributed by atoms with van der Waals surface area (Å²) in [4.78, 5) is 4.35. The van der Waals surface area contributed by atoms with Crippen molar-refractivity contribution in [3.63, 3.8) is 0 Å². The summed E-state index contributed by atoms with van der Waals surface area (Å²) in [7, 11) is 1.66. The van der Waals surface area contributed by atoms with Crippen LogP contribution in [-0.4, -0.2) is 25.7 Å². The van der Waals surface area contributed by atoms with Crippen LogP contribution in [-0.2, 0) is 11.3 Å². The van der Waals surface area contributed by atoms with Gasteiger partial charge in [0.15, 0.2) is 5.96 Å². The molecule has 0 saturated heterocycles. The number of hydrogen-bond donors (Lipinski definition) is 2. The van der Waals surface area contributed by atoms with Crippen molar-refractivity contribution in [2.24, 2.45) is 10.7 Å². The van der Waals surface area contributed by atoms with E-state index in [1.165, 1.54) is 0 Å². The maximum atomic E-state index is 5.98. The van der Waals surface area contributed by atoms with Crippen LogP contribution in [0, 0.1) is 0 Å². The zero-order chi connectivity index (χ0) is 17.4. The highest BCUT2D eigenvalue weighted by Crippen LogP contribution is 2.24. The maximum absolute atomic E-state index is 5.98. The average Bonchev–Trinajstić information content (AvgIpc) is 2.57. The number of rotatable bonds is 7. The SMILES string of the molecule is COCc1ccccc1NC(N)=NCC(C)Oc1ccccc1Br. The first kappa shape index (κ1) is 18.3. The van der Waals surface area contributed by atoms with Gasteiger partial charge in [0.1, 0.15) is 11.9 Å². The maximum Gasteiger partial charge on any atom is 0.193 e. The number of halogens is 1. The van der Waals surface area contributed by atoms with Crippen molar-refractivity contribution in [2.45, 2.75) is 19.6 Å². The second kappa shape index (κ2) is 9.30. The van der Waals surface area contributed by atoms with E-state index in [-0.39, 0.29) is 6.10 Å². The summed E-state index contributed by atoms with van der Waals surface area (Å²) in [5, 5.41) is 3.11. The van der Waals surface area contributed by atoms with Gasteiger partial charge in [-0.1, -0.05) is 30.3 Å². The summed E-state index contributed by atoms with van der Waals surface area (Å²) in [6, 6.07) is 15.5. The van der Waals surface area contributed by atoms with Crippen molar-refractivity contribution in [1.82, 2.24) is 0 Å². The van der Waals surface area contributed by atoms with Gasteiger partial charge in [-0.2, -0.15) is 0 Å². The number of nitrogens with one attached hydrogen (secondary N) is 1. The van der Waals surface area contributed by atoms with E-state index >= 15 is 0 Å². The zero-order valence-corrected chi connectivity index (χ0v) is 15.4. The number of guanidine groups is 1. The normalized spacial score (nSPS) is 12.7. The molecule has 0 aliphatic carbocycles. The average molecular weight is 392 g/mol. The first-order chi connectivity index (χ1) is 11.6. The number of benzene rings is 2. The third kappa shape index (κ3) is 5.54. The Kier molecular flexibility index (Phi) is 7.08. The van der Waals surface area contributed by atoms with E-state index in [1.54, 1.807) is 7.11 Å². The van der Waals surface area contributed by atoms with Crippen molar-refractivity contribution in [1.29, 1.82) is 0 Å². The highest BCUT2D eigenvalue weighted by molar-refractivity contribution is 9.10. The summed E-state index contributed by atoms with van der Waals surface area (Å²) in [6.45, 7) is 2.92. The quantitative estimate of drug-likeness (QED) is 0.556. The molecule has 0 heterocycles. The molecule has 24 heavy (non-hydrogen) atoms. The Bertz CT molecular complexity index is 691. The summed E-state index contributed by atoms with van der Waals surface area (Å²) in [5.41, 5.74) is 7.89. The van der Waals surface area contributed by atoms with Crippen LogP contribution in [0.3, 0.4) is 0 Å².